The maximum Gasteiger partial charge on any atom is 0.0531 e. The van der Waals surface area contributed by atoms with Gasteiger partial charge in [-0.3, -0.25) is 9.88 Å². The zero-order valence-electron chi connectivity index (χ0n) is 17.7. The largest absolute Gasteiger partial charge is 0.317 e. The number of hydrogen-bond acceptors (Lipinski definition) is 2. The number of nitrogens with zero attached hydrogens (tertiary/aromatic N) is 3. The molecule has 3 heterocycles. The molecule has 2 aromatic heterocycles. The van der Waals surface area contributed by atoms with Gasteiger partial charge in [0, 0.05) is 55.2 Å². The van der Waals surface area contributed by atoms with Gasteiger partial charge in [0.15, 0.2) is 0 Å². The van der Waals surface area contributed by atoms with Crippen LogP contribution in [0.2, 0.25) is 0 Å². The van der Waals surface area contributed by atoms with Gasteiger partial charge in [-0.15, -0.1) is 0 Å². The van der Waals surface area contributed by atoms with E-state index in [4.69, 9.17) is 0 Å². The summed E-state index contributed by atoms with van der Waals surface area (Å²) < 4.78 is 2.47. The molecule has 0 unspecified atom stereocenters. The molecule has 5 rings (SSSR count). The number of rotatable bonds is 4. The first kappa shape index (κ1) is 18.8. The SMILES string of the molecule is CC(=Cc1cccnc1)n1c2c(c3cc(C)ccc31)CN(Cc1ccccc1)CC2. The molecule has 0 saturated carbocycles. The standard InChI is InChI=1S/C27H27N3/c1-20-10-11-26-24(15-20)25-19-29(18-22-7-4-3-5-8-22)14-12-27(25)30(26)21(2)16-23-9-6-13-28-17-23/h3-11,13,15-17H,12,14,18-19H2,1-2H3. The van der Waals surface area contributed by atoms with E-state index >= 15 is 0 Å². The molecule has 3 nitrogen and oxygen atoms in total. The van der Waals surface area contributed by atoms with E-state index in [0.717, 1.165) is 31.6 Å². The van der Waals surface area contributed by atoms with Crippen LogP contribution in [0.3, 0.4) is 0 Å². The first-order valence-electron chi connectivity index (χ1n) is 10.7. The van der Waals surface area contributed by atoms with E-state index in [1.807, 2.05) is 18.5 Å². The maximum absolute atomic E-state index is 4.27. The molecule has 0 aliphatic carbocycles. The van der Waals surface area contributed by atoms with E-state index in [0.29, 0.717) is 0 Å². The maximum atomic E-state index is 4.27. The molecule has 0 N–H and O–H groups in total. The van der Waals surface area contributed by atoms with Gasteiger partial charge in [-0.1, -0.05) is 48.0 Å². The minimum atomic E-state index is 0.997. The highest BCUT2D eigenvalue weighted by Crippen LogP contribution is 2.34. The number of allylic oxidation sites excluding steroid dienone is 1. The van der Waals surface area contributed by atoms with Gasteiger partial charge in [0.2, 0.25) is 0 Å². The van der Waals surface area contributed by atoms with E-state index in [2.05, 4.69) is 89.0 Å². The Morgan fingerprint density at radius 3 is 2.73 bits per heavy atom. The molecule has 0 bridgehead atoms. The third kappa shape index (κ3) is 3.57. The van der Waals surface area contributed by atoms with Crippen LogP contribution in [0.4, 0.5) is 0 Å². The van der Waals surface area contributed by atoms with Crippen molar-refractivity contribution in [1.82, 2.24) is 14.5 Å². The fourth-order valence-electron chi connectivity index (χ4n) is 4.67. The molecule has 0 saturated heterocycles. The first-order chi connectivity index (χ1) is 14.7. The lowest BCUT2D eigenvalue weighted by atomic mass is 10.0. The van der Waals surface area contributed by atoms with Gasteiger partial charge in [0.25, 0.3) is 0 Å². The van der Waals surface area contributed by atoms with Crippen molar-refractivity contribution in [3.05, 3.63) is 101 Å². The van der Waals surface area contributed by atoms with Crippen molar-refractivity contribution >= 4 is 22.7 Å². The molecule has 0 radical (unpaired) electrons. The van der Waals surface area contributed by atoms with Gasteiger partial charge in [0.1, 0.15) is 0 Å². The minimum Gasteiger partial charge on any atom is -0.317 e. The van der Waals surface area contributed by atoms with Crippen LogP contribution >= 0.6 is 0 Å². The van der Waals surface area contributed by atoms with Crippen LogP contribution in [0, 0.1) is 6.92 Å². The molecule has 1 aliphatic heterocycles. The van der Waals surface area contributed by atoms with Crippen molar-refractivity contribution in [1.29, 1.82) is 0 Å². The van der Waals surface area contributed by atoms with Gasteiger partial charge in [-0.2, -0.15) is 0 Å². The van der Waals surface area contributed by atoms with Crippen molar-refractivity contribution in [2.75, 3.05) is 6.54 Å². The summed E-state index contributed by atoms with van der Waals surface area (Å²) >= 11 is 0. The van der Waals surface area contributed by atoms with E-state index in [1.165, 1.54) is 39.0 Å². The zero-order chi connectivity index (χ0) is 20.5. The molecule has 0 amide bonds. The third-order valence-corrected chi connectivity index (χ3v) is 6.04. The van der Waals surface area contributed by atoms with E-state index in [9.17, 15) is 0 Å². The molecule has 0 spiro atoms. The summed E-state index contributed by atoms with van der Waals surface area (Å²) in [5.41, 5.74) is 9.33. The van der Waals surface area contributed by atoms with Crippen molar-refractivity contribution in [3.63, 3.8) is 0 Å². The van der Waals surface area contributed by atoms with Gasteiger partial charge in [0.05, 0.1) is 5.52 Å². The lowest BCUT2D eigenvalue weighted by Crippen LogP contribution is -2.30. The number of aryl methyl sites for hydroxylation is 1. The van der Waals surface area contributed by atoms with Crippen LogP contribution < -0.4 is 0 Å². The highest BCUT2D eigenvalue weighted by molar-refractivity contribution is 5.91. The molecule has 0 atom stereocenters. The van der Waals surface area contributed by atoms with Gasteiger partial charge in [-0.05, 0) is 54.8 Å². The summed E-state index contributed by atoms with van der Waals surface area (Å²) in [4.78, 5) is 6.84. The van der Waals surface area contributed by atoms with Gasteiger partial charge < -0.3 is 4.57 Å². The topological polar surface area (TPSA) is 21.1 Å². The molecule has 0 fully saturated rings. The molecular weight excluding hydrogens is 366 g/mol. The van der Waals surface area contributed by atoms with E-state index in [1.54, 1.807) is 0 Å². The summed E-state index contributed by atoms with van der Waals surface area (Å²) in [6.45, 7) is 7.48. The second-order valence-corrected chi connectivity index (χ2v) is 8.30. The molecule has 4 aromatic rings. The summed E-state index contributed by atoms with van der Waals surface area (Å²) in [6.07, 6.45) is 7.05. The summed E-state index contributed by atoms with van der Waals surface area (Å²) in [7, 11) is 0. The molecule has 3 heteroatoms. The average Bonchev–Trinajstić information content (AvgIpc) is 3.08. The van der Waals surface area contributed by atoms with E-state index in [-0.39, 0.29) is 0 Å². The minimum absolute atomic E-state index is 0.997. The monoisotopic (exact) mass is 393 g/mol. The highest BCUT2D eigenvalue weighted by Gasteiger charge is 2.24. The Labute approximate surface area is 178 Å². The fourth-order valence-corrected chi connectivity index (χ4v) is 4.67. The summed E-state index contributed by atoms with van der Waals surface area (Å²) in [5, 5.41) is 1.39. The van der Waals surface area contributed by atoms with Crippen molar-refractivity contribution in [3.8, 4) is 0 Å². The van der Waals surface area contributed by atoms with Crippen LogP contribution in [0.1, 0.15) is 34.9 Å². The number of aromatic nitrogens is 2. The van der Waals surface area contributed by atoms with Crippen molar-refractivity contribution in [2.45, 2.75) is 33.4 Å². The Balaban J connectivity index is 1.57. The predicted molar refractivity (Wildman–Crippen MR) is 125 cm³/mol. The first-order valence-corrected chi connectivity index (χ1v) is 10.7. The van der Waals surface area contributed by atoms with Gasteiger partial charge in [-0.25, -0.2) is 0 Å². The van der Waals surface area contributed by atoms with Crippen LogP contribution in [0.25, 0.3) is 22.7 Å². The molecule has 30 heavy (non-hydrogen) atoms. The summed E-state index contributed by atoms with van der Waals surface area (Å²) in [5.74, 6) is 0. The van der Waals surface area contributed by atoms with Crippen LogP contribution in [0.15, 0.2) is 73.1 Å². The smallest absolute Gasteiger partial charge is 0.0531 e. The lowest BCUT2D eigenvalue weighted by Gasteiger charge is -2.28. The number of hydrogen-bond donors (Lipinski definition) is 0. The van der Waals surface area contributed by atoms with Crippen LogP contribution in [0.5, 0.6) is 0 Å². The summed E-state index contributed by atoms with van der Waals surface area (Å²) in [6, 6.07) is 21.8. The van der Waals surface area contributed by atoms with Crippen LogP contribution in [-0.4, -0.2) is 21.0 Å². The van der Waals surface area contributed by atoms with Crippen LogP contribution in [-0.2, 0) is 19.5 Å². The lowest BCUT2D eigenvalue weighted by molar-refractivity contribution is 0.245. The molecular formula is C27H27N3. The van der Waals surface area contributed by atoms with Crippen molar-refractivity contribution < 1.29 is 0 Å². The van der Waals surface area contributed by atoms with E-state index < -0.39 is 0 Å². The molecule has 150 valence electrons. The quantitative estimate of drug-likeness (QED) is 0.429. The third-order valence-electron chi connectivity index (χ3n) is 6.04. The van der Waals surface area contributed by atoms with Gasteiger partial charge >= 0.3 is 0 Å². The zero-order valence-corrected chi connectivity index (χ0v) is 17.7. The second kappa shape index (κ2) is 7.92. The fraction of sp³-hybridized carbons (Fsp3) is 0.222. The Hall–Kier alpha value is -3.17. The molecule has 1 aliphatic rings. The number of benzene rings is 2. The highest BCUT2D eigenvalue weighted by atomic mass is 15.1. The van der Waals surface area contributed by atoms with Crippen molar-refractivity contribution in [2.24, 2.45) is 0 Å². The average molecular weight is 394 g/mol. The Kier molecular flexibility index (Phi) is 4.97. The Morgan fingerprint density at radius 1 is 1.07 bits per heavy atom. The predicted octanol–water partition coefficient (Wildman–Crippen LogP) is 5.92. The Bertz CT molecular complexity index is 1200. The second-order valence-electron chi connectivity index (χ2n) is 8.30. The number of fused-ring (bicyclic) bond motifs is 3. The Morgan fingerprint density at radius 2 is 1.93 bits per heavy atom. The molecule has 2 aromatic carbocycles. The normalized spacial score (nSPS) is 14.8. The number of pyridine rings is 1.